The topological polar surface area (TPSA) is 102 Å². The lowest BCUT2D eigenvalue weighted by molar-refractivity contribution is -0.143. The first-order valence-corrected chi connectivity index (χ1v) is 9.08. The molecule has 0 aliphatic rings. The Bertz CT molecular complexity index is 1350. The SMILES string of the molecule is NC(=O)/C(=C\n1cnc(-c2cc(C(F)(F)F)cc(C(F)(F)F)c2)n1)c1ccc2cn[nH]c2c1. The second-order valence-electron chi connectivity index (χ2n) is 6.92. The van der Waals surface area contributed by atoms with E-state index in [1.165, 1.54) is 0 Å². The number of H-pyrrole nitrogens is 1. The monoisotopic (exact) mass is 466 g/mol. The molecule has 3 N–H and O–H groups in total. The number of nitrogens with one attached hydrogen (secondary N) is 1. The standard InChI is InChI=1S/C20H12F6N6O/c21-19(22,23)13-3-12(4-14(6-13)20(24,25)26)18-28-9-32(31-18)8-15(17(27)33)10-1-2-11-7-29-30-16(11)5-10/h1-9H,(H2,27,33)(H,29,30)/b15-8-. The molecular formula is C20H12F6N6O. The van der Waals surface area contributed by atoms with Gasteiger partial charge < -0.3 is 5.73 Å². The number of nitrogens with zero attached hydrogens (tertiary/aromatic N) is 4. The molecule has 4 rings (SSSR count). The number of alkyl halides is 6. The number of benzene rings is 2. The van der Waals surface area contributed by atoms with Crippen molar-refractivity contribution in [3.63, 3.8) is 0 Å². The minimum atomic E-state index is -5.01. The van der Waals surface area contributed by atoms with Gasteiger partial charge in [0.1, 0.15) is 6.33 Å². The summed E-state index contributed by atoms with van der Waals surface area (Å²) in [5, 5.41) is 11.3. The van der Waals surface area contributed by atoms with E-state index in [0.29, 0.717) is 23.2 Å². The molecule has 0 aliphatic carbocycles. The zero-order chi connectivity index (χ0) is 24.0. The summed E-state index contributed by atoms with van der Waals surface area (Å²) in [6, 6.07) is 5.91. The largest absolute Gasteiger partial charge is 0.416 e. The second kappa shape index (κ2) is 7.76. The average Bonchev–Trinajstić information content (AvgIpc) is 3.39. The van der Waals surface area contributed by atoms with Gasteiger partial charge in [0.25, 0.3) is 5.91 Å². The van der Waals surface area contributed by atoms with E-state index in [-0.39, 0.29) is 11.6 Å². The number of aromatic nitrogens is 5. The normalized spacial score (nSPS) is 13.0. The first kappa shape index (κ1) is 22.0. The summed E-state index contributed by atoms with van der Waals surface area (Å²) in [5.41, 5.74) is 2.93. The van der Waals surface area contributed by atoms with Crippen molar-refractivity contribution >= 4 is 28.6 Å². The smallest absolute Gasteiger partial charge is 0.366 e. The third-order valence-electron chi connectivity index (χ3n) is 4.63. The molecule has 1 amide bonds. The number of amides is 1. The maximum Gasteiger partial charge on any atom is 0.416 e. The number of hydrogen-bond acceptors (Lipinski definition) is 4. The second-order valence-corrected chi connectivity index (χ2v) is 6.92. The number of nitrogens with two attached hydrogens (primary N) is 1. The molecular weight excluding hydrogens is 454 g/mol. The zero-order valence-corrected chi connectivity index (χ0v) is 16.2. The Morgan fingerprint density at radius 3 is 2.27 bits per heavy atom. The molecule has 33 heavy (non-hydrogen) atoms. The molecule has 4 aromatic rings. The maximum absolute atomic E-state index is 13.1. The Balaban J connectivity index is 1.76. The minimum Gasteiger partial charge on any atom is -0.366 e. The highest BCUT2D eigenvalue weighted by Crippen LogP contribution is 2.38. The number of carbonyl (C=O) groups excluding carboxylic acids is 1. The van der Waals surface area contributed by atoms with E-state index in [9.17, 15) is 31.1 Å². The van der Waals surface area contributed by atoms with Crippen molar-refractivity contribution in [3.8, 4) is 11.4 Å². The van der Waals surface area contributed by atoms with Gasteiger partial charge in [-0.05, 0) is 29.8 Å². The zero-order valence-electron chi connectivity index (χ0n) is 16.2. The van der Waals surface area contributed by atoms with Crippen LogP contribution in [0.1, 0.15) is 16.7 Å². The third kappa shape index (κ3) is 4.56. The van der Waals surface area contributed by atoms with Crippen LogP contribution in [0.4, 0.5) is 26.3 Å². The van der Waals surface area contributed by atoms with Gasteiger partial charge in [0, 0.05) is 17.1 Å². The molecule has 0 aliphatic heterocycles. The van der Waals surface area contributed by atoms with Crippen molar-refractivity contribution in [2.75, 3.05) is 0 Å². The Morgan fingerprint density at radius 2 is 1.67 bits per heavy atom. The summed E-state index contributed by atoms with van der Waals surface area (Å²) in [4.78, 5) is 15.8. The van der Waals surface area contributed by atoms with Gasteiger partial charge in [-0.3, -0.25) is 9.89 Å². The van der Waals surface area contributed by atoms with E-state index in [2.05, 4.69) is 20.3 Å². The van der Waals surface area contributed by atoms with E-state index >= 15 is 0 Å². The summed E-state index contributed by atoms with van der Waals surface area (Å²) < 4.78 is 79.6. The van der Waals surface area contributed by atoms with Crippen molar-refractivity contribution in [1.82, 2.24) is 25.0 Å². The molecule has 170 valence electrons. The van der Waals surface area contributed by atoms with Crippen LogP contribution in [-0.2, 0) is 17.1 Å². The summed E-state index contributed by atoms with van der Waals surface area (Å²) in [6.45, 7) is 0. The number of aromatic amines is 1. The van der Waals surface area contributed by atoms with Gasteiger partial charge in [0.05, 0.1) is 28.4 Å². The van der Waals surface area contributed by atoms with Crippen LogP contribution in [0.15, 0.2) is 48.9 Å². The molecule has 7 nitrogen and oxygen atoms in total. The molecule has 0 spiro atoms. The van der Waals surface area contributed by atoms with Crippen LogP contribution in [0.5, 0.6) is 0 Å². The van der Waals surface area contributed by atoms with Crippen molar-refractivity contribution in [1.29, 1.82) is 0 Å². The van der Waals surface area contributed by atoms with Crippen molar-refractivity contribution < 1.29 is 31.1 Å². The molecule has 0 radical (unpaired) electrons. The Hall–Kier alpha value is -4.16. The summed E-state index contributed by atoms with van der Waals surface area (Å²) in [6.07, 6.45) is -6.26. The average molecular weight is 466 g/mol. The first-order valence-electron chi connectivity index (χ1n) is 9.08. The van der Waals surface area contributed by atoms with Crippen LogP contribution in [-0.4, -0.2) is 30.9 Å². The van der Waals surface area contributed by atoms with Gasteiger partial charge in [-0.2, -0.15) is 31.4 Å². The predicted octanol–water partition coefficient (Wildman–Crippen LogP) is 4.34. The van der Waals surface area contributed by atoms with E-state index in [1.54, 1.807) is 24.4 Å². The van der Waals surface area contributed by atoms with E-state index in [1.807, 2.05) is 0 Å². The molecule has 2 heterocycles. The van der Waals surface area contributed by atoms with Crippen LogP contribution < -0.4 is 5.73 Å². The number of primary amides is 1. The van der Waals surface area contributed by atoms with Gasteiger partial charge in [0.15, 0.2) is 5.82 Å². The van der Waals surface area contributed by atoms with Crippen LogP contribution in [0.3, 0.4) is 0 Å². The highest BCUT2D eigenvalue weighted by atomic mass is 19.4. The summed E-state index contributed by atoms with van der Waals surface area (Å²) in [5.74, 6) is -1.25. The van der Waals surface area contributed by atoms with Gasteiger partial charge in [-0.1, -0.05) is 12.1 Å². The molecule has 2 aromatic carbocycles. The lowest BCUT2D eigenvalue weighted by Crippen LogP contribution is -2.13. The van der Waals surface area contributed by atoms with Crippen LogP contribution in [0, 0.1) is 0 Å². The van der Waals surface area contributed by atoms with Crippen molar-refractivity contribution in [3.05, 3.63) is 65.6 Å². The van der Waals surface area contributed by atoms with E-state index < -0.39 is 40.8 Å². The lowest BCUT2D eigenvalue weighted by Gasteiger charge is -2.13. The van der Waals surface area contributed by atoms with Crippen molar-refractivity contribution in [2.45, 2.75) is 12.4 Å². The van der Waals surface area contributed by atoms with Crippen LogP contribution in [0.25, 0.3) is 34.1 Å². The maximum atomic E-state index is 13.1. The summed E-state index contributed by atoms with van der Waals surface area (Å²) >= 11 is 0. The van der Waals surface area contributed by atoms with Gasteiger partial charge in [-0.25, -0.2) is 9.67 Å². The van der Waals surface area contributed by atoms with E-state index in [0.717, 1.165) is 22.6 Å². The van der Waals surface area contributed by atoms with Gasteiger partial charge in [-0.15, -0.1) is 5.10 Å². The molecule has 2 aromatic heterocycles. The van der Waals surface area contributed by atoms with Gasteiger partial charge >= 0.3 is 12.4 Å². The van der Waals surface area contributed by atoms with Gasteiger partial charge in [0.2, 0.25) is 0 Å². The molecule has 0 fully saturated rings. The quantitative estimate of drug-likeness (QED) is 0.345. The van der Waals surface area contributed by atoms with Crippen LogP contribution in [0.2, 0.25) is 0 Å². The fourth-order valence-corrected chi connectivity index (χ4v) is 3.07. The molecule has 13 heteroatoms. The fraction of sp³-hybridized carbons (Fsp3) is 0.100. The predicted molar refractivity (Wildman–Crippen MR) is 105 cm³/mol. The highest BCUT2D eigenvalue weighted by Gasteiger charge is 2.37. The first-order chi connectivity index (χ1) is 15.4. The highest BCUT2D eigenvalue weighted by molar-refractivity contribution is 6.22. The van der Waals surface area contributed by atoms with Crippen LogP contribution >= 0.6 is 0 Å². The number of carbonyl (C=O) groups is 1. The molecule has 0 atom stereocenters. The number of fused-ring (bicyclic) bond motifs is 1. The molecule has 0 saturated carbocycles. The lowest BCUT2D eigenvalue weighted by atomic mass is 10.0. The Kier molecular flexibility index (Phi) is 5.18. The fourth-order valence-electron chi connectivity index (χ4n) is 3.07. The molecule has 0 unspecified atom stereocenters. The Morgan fingerprint density at radius 1 is 1.00 bits per heavy atom. The van der Waals surface area contributed by atoms with Crippen molar-refractivity contribution in [2.24, 2.45) is 5.73 Å². The third-order valence-corrected chi connectivity index (χ3v) is 4.63. The van der Waals surface area contributed by atoms with E-state index in [4.69, 9.17) is 5.73 Å². The minimum absolute atomic E-state index is 0.0111. The Labute approximate surface area is 180 Å². The molecule has 0 saturated heterocycles. The number of hydrogen-bond donors (Lipinski definition) is 2. The number of halogens is 6. The number of rotatable bonds is 4. The summed E-state index contributed by atoms with van der Waals surface area (Å²) in [7, 11) is 0. The molecule has 0 bridgehead atoms.